The second-order valence-electron chi connectivity index (χ2n) is 8.00. The number of imidazole rings is 1. The summed E-state index contributed by atoms with van der Waals surface area (Å²) in [5.74, 6) is 0.285. The number of para-hydroxylation sites is 2. The average Bonchev–Trinajstić information content (AvgIpc) is 3.35. The quantitative estimate of drug-likeness (QED) is 0.765. The Bertz CT molecular complexity index is 907. The van der Waals surface area contributed by atoms with Crippen LogP contribution >= 0.6 is 11.8 Å². The number of carbonyl (C=O) groups is 2. The molecule has 1 N–H and O–H groups in total. The summed E-state index contributed by atoms with van der Waals surface area (Å²) in [6.07, 6.45) is 8.07. The smallest absolute Gasteiger partial charge is 0.227 e. The summed E-state index contributed by atoms with van der Waals surface area (Å²) in [5.41, 5.74) is 0.729. The lowest BCUT2D eigenvalue weighted by molar-refractivity contribution is -0.127. The lowest BCUT2D eigenvalue weighted by Gasteiger charge is -2.29. The number of ether oxygens (including phenoxy) is 1. The fourth-order valence-corrected chi connectivity index (χ4v) is 5.38. The first-order chi connectivity index (χ1) is 14.5. The van der Waals surface area contributed by atoms with Gasteiger partial charge in [-0.15, -0.1) is 0 Å². The third-order valence-electron chi connectivity index (χ3n) is 5.94. The zero-order chi connectivity index (χ0) is 21.1. The molecule has 1 unspecified atom stereocenters. The van der Waals surface area contributed by atoms with E-state index in [2.05, 4.69) is 10.3 Å². The molecule has 0 bridgehead atoms. The Morgan fingerprint density at radius 3 is 2.70 bits per heavy atom. The van der Waals surface area contributed by atoms with Gasteiger partial charge in [0.15, 0.2) is 5.16 Å². The highest BCUT2D eigenvalue weighted by molar-refractivity contribution is 7.99. The van der Waals surface area contributed by atoms with Gasteiger partial charge in [0.05, 0.1) is 18.7 Å². The van der Waals surface area contributed by atoms with Crippen molar-refractivity contribution in [3.05, 3.63) is 36.7 Å². The molecule has 7 nitrogen and oxygen atoms in total. The molecular weight excluding hydrogens is 400 g/mol. The molecule has 1 saturated heterocycles. The van der Waals surface area contributed by atoms with Crippen molar-refractivity contribution in [1.82, 2.24) is 14.9 Å². The van der Waals surface area contributed by atoms with Crippen LogP contribution in [0.15, 0.2) is 41.8 Å². The van der Waals surface area contributed by atoms with Gasteiger partial charge in [-0.25, -0.2) is 4.98 Å². The fourth-order valence-electron chi connectivity index (χ4n) is 4.23. The molecular formula is C22H28N4O3S. The number of rotatable bonds is 6. The van der Waals surface area contributed by atoms with Gasteiger partial charge in [-0.3, -0.25) is 9.59 Å². The summed E-state index contributed by atoms with van der Waals surface area (Å²) in [6, 6.07) is 7.62. The Labute approximate surface area is 181 Å². The number of hydrogen-bond donors (Lipinski definition) is 1. The normalized spacial score (nSPS) is 24.1. The van der Waals surface area contributed by atoms with Crippen molar-refractivity contribution in [1.29, 1.82) is 0 Å². The van der Waals surface area contributed by atoms with Gasteiger partial charge in [0.2, 0.25) is 11.8 Å². The van der Waals surface area contributed by atoms with Crippen molar-refractivity contribution in [2.75, 3.05) is 18.6 Å². The van der Waals surface area contributed by atoms with Crippen molar-refractivity contribution in [3.8, 4) is 5.75 Å². The van der Waals surface area contributed by atoms with Crippen LogP contribution in [0.3, 0.4) is 0 Å². The maximum Gasteiger partial charge on any atom is 0.227 e. The van der Waals surface area contributed by atoms with Gasteiger partial charge < -0.3 is 19.5 Å². The molecule has 1 saturated carbocycles. The van der Waals surface area contributed by atoms with Gasteiger partial charge in [0.25, 0.3) is 0 Å². The van der Waals surface area contributed by atoms with Gasteiger partial charge in [-0.05, 0) is 37.8 Å². The molecule has 2 fully saturated rings. The standard InChI is InChI=1S/C22H28N4O3S/c1-25-12-11-23-22(25)30-17-9-7-16(8-10-17)24-21(28)15-13-20(27)26(14-15)18-5-3-4-6-19(18)29-2/h3-6,11-12,15-17H,7-10,13-14H2,1-2H3,(H,24,28). The molecule has 1 aromatic carbocycles. The van der Waals surface area contributed by atoms with Crippen LogP contribution in [-0.4, -0.2) is 46.3 Å². The van der Waals surface area contributed by atoms with Gasteiger partial charge in [-0.2, -0.15) is 0 Å². The van der Waals surface area contributed by atoms with Crippen molar-refractivity contribution < 1.29 is 14.3 Å². The molecule has 1 aliphatic carbocycles. The molecule has 0 radical (unpaired) electrons. The molecule has 1 aromatic heterocycles. The largest absolute Gasteiger partial charge is 0.495 e. The third kappa shape index (κ3) is 4.48. The van der Waals surface area contributed by atoms with E-state index >= 15 is 0 Å². The number of benzene rings is 1. The van der Waals surface area contributed by atoms with E-state index in [9.17, 15) is 9.59 Å². The fraction of sp³-hybridized carbons (Fsp3) is 0.500. The Hall–Kier alpha value is -2.48. The van der Waals surface area contributed by atoms with Crippen LogP contribution in [0.5, 0.6) is 5.75 Å². The maximum absolute atomic E-state index is 12.8. The minimum absolute atomic E-state index is 0.0130. The minimum Gasteiger partial charge on any atom is -0.495 e. The summed E-state index contributed by atoms with van der Waals surface area (Å²) in [5, 5.41) is 4.77. The molecule has 1 atom stereocenters. The Balaban J connectivity index is 1.29. The number of carbonyl (C=O) groups excluding carboxylic acids is 2. The van der Waals surface area contributed by atoms with Gasteiger partial charge in [-0.1, -0.05) is 23.9 Å². The van der Waals surface area contributed by atoms with Gasteiger partial charge in [0.1, 0.15) is 5.75 Å². The number of amides is 2. The Kier molecular flexibility index (Phi) is 6.32. The lowest BCUT2D eigenvalue weighted by atomic mass is 9.94. The second kappa shape index (κ2) is 9.12. The van der Waals surface area contributed by atoms with Crippen LogP contribution in [0, 0.1) is 5.92 Å². The van der Waals surface area contributed by atoms with E-state index < -0.39 is 0 Å². The van der Waals surface area contributed by atoms with Crippen molar-refractivity contribution in [2.45, 2.75) is 48.6 Å². The summed E-state index contributed by atoms with van der Waals surface area (Å²) in [7, 11) is 3.60. The number of aryl methyl sites for hydroxylation is 1. The SMILES string of the molecule is COc1ccccc1N1CC(C(=O)NC2CCC(Sc3nccn3C)CC2)CC1=O. The van der Waals surface area contributed by atoms with Crippen LogP contribution in [0.4, 0.5) is 5.69 Å². The predicted molar refractivity (Wildman–Crippen MR) is 117 cm³/mol. The average molecular weight is 429 g/mol. The molecule has 2 amide bonds. The molecule has 2 heterocycles. The summed E-state index contributed by atoms with van der Waals surface area (Å²) in [6.45, 7) is 0.398. The second-order valence-corrected chi connectivity index (χ2v) is 9.27. The molecule has 30 heavy (non-hydrogen) atoms. The number of thioether (sulfide) groups is 1. The first-order valence-corrected chi connectivity index (χ1v) is 11.3. The van der Waals surface area contributed by atoms with Crippen molar-refractivity contribution in [2.24, 2.45) is 13.0 Å². The van der Waals surface area contributed by atoms with E-state index in [0.29, 0.717) is 17.5 Å². The molecule has 2 aliphatic rings. The number of aromatic nitrogens is 2. The van der Waals surface area contributed by atoms with E-state index in [0.717, 1.165) is 36.5 Å². The van der Waals surface area contributed by atoms with Crippen LogP contribution < -0.4 is 15.0 Å². The van der Waals surface area contributed by atoms with E-state index in [-0.39, 0.29) is 30.2 Å². The monoisotopic (exact) mass is 428 g/mol. The van der Waals surface area contributed by atoms with Crippen molar-refractivity contribution in [3.63, 3.8) is 0 Å². The number of nitrogens with zero attached hydrogens (tertiary/aromatic N) is 3. The predicted octanol–water partition coefficient (Wildman–Crippen LogP) is 3.00. The van der Waals surface area contributed by atoms with Gasteiger partial charge in [0, 0.05) is 43.7 Å². The number of anilines is 1. The van der Waals surface area contributed by atoms with E-state index in [4.69, 9.17) is 4.74 Å². The zero-order valence-electron chi connectivity index (χ0n) is 17.4. The topological polar surface area (TPSA) is 76.5 Å². The maximum atomic E-state index is 12.8. The molecule has 160 valence electrons. The highest BCUT2D eigenvalue weighted by Gasteiger charge is 2.37. The minimum atomic E-state index is -0.318. The van der Waals surface area contributed by atoms with Crippen LogP contribution in [0.25, 0.3) is 0 Å². The number of hydrogen-bond acceptors (Lipinski definition) is 5. The first-order valence-electron chi connectivity index (χ1n) is 10.4. The van der Waals surface area contributed by atoms with Gasteiger partial charge >= 0.3 is 0 Å². The first kappa shape index (κ1) is 20.8. The van der Waals surface area contributed by atoms with Crippen LogP contribution in [0.2, 0.25) is 0 Å². The summed E-state index contributed by atoms with van der Waals surface area (Å²) >= 11 is 1.82. The molecule has 0 spiro atoms. The van der Waals surface area contributed by atoms with Crippen LogP contribution in [0.1, 0.15) is 32.1 Å². The van der Waals surface area contributed by atoms with Crippen LogP contribution in [-0.2, 0) is 16.6 Å². The molecule has 8 heteroatoms. The highest BCUT2D eigenvalue weighted by Crippen LogP contribution is 2.34. The highest BCUT2D eigenvalue weighted by atomic mass is 32.2. The van der Waals surface area contributed by atoms with E-state index in [1.54, 1.807) is 12.0 Å². The summed E-state index contributed by atoms with van der Waals surface area (Å²) < 4.78 is 7.42. The third-order valence-corrected chi connectivity index (χ3v) is 7.35. The number of nitrogens with one attached hydrogen (secondary N) is 1. The lowest BCUT2D eigenvalue weighted by Crippen LogP contribution is -2.42. The van der Waals surface area contributed by atoms with E-state index in [1.165, 1.54) is 0 Å². The zero-order valence-corrected chi connectivity index (χ0v) is 18.2. The van der Waals surface area contributed by atoms with E-state index in [1.807, 2.05) is 60.0 Å². The van der Waals surface area contributed by atoms with Crippen molar-refractivity contribution >= 4 is 29.3 Å². The molecule has 1 aliphatic heterocycles. The molecule has 4 rings (SSSR count). The Morgan fingerprint density at radius 2 is 2.00 bits per heavy atom. The number of methoxy groups -OCH3 is 1. The Morgan fingerprint density at radius 1 is 1.23 bits per heavy atom. The molecule has 2 aromatic rings. The summed E-state index contributed by atoms with van der Waals surface area (Å²) in [4.78, 5) is 31.4.